The van der Waals surface area contributed by atoms with Gasteiger partial charge in [-0.25, -0.2) is 4.79 Å². The maximum Gasteiger partial charge on any atom is 0.317 e. The van der Waals surface area contributed by atoms with Gasteiger partial charge in [0.1, 0.15) is 5.75 Å². The van der Waals surface area contributed by atoms with Crippen molar-refractivity contribution in [3.8, 4) is 5.75 Å². The van der Waals surface area contributed by atoms with Crippen LogP contribution < -0.4 is 10.1 Å². The van der Waals surface area contributed by atoms with Gasteiger partial charge in [-0.1, -0.05) is 12.1 Å². The summed E-state index contributed by atoms with van der Waals surface area (Å²) in [6.45, 7) is 9.51. The van der Waals surface area contributed by atoms with Crippen molar-refractivity contribution in [1.29, 1.82) is 0 Å². The molecule has 1 aromatic rings. The van der Waals surface area contributed by atoms with Crippen LogP contribution in [-0.4, -0.2) is 48.9 Å². The van der Waals surface area contributed by atoms with E-state index in [1.807, 2.05) is 44.0 Å². The zero-order chi connectivity index (χ0) is 18.4. The summed E-state index contributed by atoms with van der Waals surface area (Å²) in [6.07, 6.45) is 2.70. The average molecular weight is 348 g/mol. The van der Waals surface area contributed by atoms with Crippen LogP contribution in [0.2, 0.25) is 0 Å². The smallest absolute Gasteiger partial charge is 0.317 e. The second-order valence-electron chi connectivity index (χ2n) is 7.66. The van der Waals surface area contributed by atoms with Crippen LogP contribution in [0.25, 0.3) is 0 Å². The topological polar surface area (TPSA) is 50.8 Å². The summed E-state index contributed by atoms with van der Waals surface area (Å²) in [5, 5.41) is 3.02. The molecule has 2 amide bonds. The Morgan fingerprint density at radius 2 is 2.20 bits per heavy atom. The zero-order valence-electron chi connectivity index (χ0n) is 16.2. The van der Waals surface area contributed by atoms with E-state index in [4.69, 9.17) is 9.47 Å². The first-order valence-electron chi connectivity index (χ1n) is 9.17. The van der Waals surface area contributed by atoms with Gasteiger partial charge in [-0.05, 0) is 64.7 Å². The molecule has 0 saturated carbocycles. The van der Waals surface area contributed by atoms with Gasteiger partial charge in [-0.15, -0.1) is 0 Å². The maximum atomic E-state index is 12.4. The van der Waals surface area contributed by atoms with E-state index in [0.717, 1.165) is 30.6 Å². The molecule has 0 aromatic heterocycles. The molecular weight excluding hydrogens is 316 g/mol. The summed E-state index contributed by atoms with van der Waals surface area (Å²) in [5.74, 6) is 0.875. The number of benzene rings is 1. The standard InChI is InChI=1S/C20H32N2O3/c1-15(2)25-18-8-6-7-16(13-18)9-11-21-19(23)22(5)17-10-12-24-20(3,4)14-17/h6-8,13,15,17H,9-12,14H2,1-5H3,(H,21,23)/t17-/m1/s1. The fourth-order valence-electron chi connectivity index (χ4n) is 3.18. The van der Waals surface area contributed by atoms with Crippen LogP contribution in [0.15, 0.2) is 24.3 Å². The maximum absolute atomic E-state index is 12.4. The first kappa shape index (κ1) is 19.6. The molecule has 0 aliphatic carbocycles. The van der Waals surface area contributed by atoms with Gasteiger partial charge < -0.3 is 19.7 Å². The van der Waals surface area contributed by atoms with Crippen LogP contribution in [0.3, 0.4) is 0 Å². The molecule has 0 bridgehead atoms. The molecule has 0 radical (unpaired) electrons. The fraction of sp³-hybridized carbons (Fsp3) is 0.650. The third-order valence-electron chi connectivity index (χ3n) is 4.50. The molecule has 5 nitrogen and oxygen atoms in total. The third kappa shape index (κ3) is 6.24. The van der Waals surface area contributed by atoms with Crippen molar-refractivity contribution in [2.45, 2.75) is 64.7 Å². The predicted octanol–water partition coefficient (Wildman–Crippen LogP) is 3.62. The normalized spacial score (nSPS) is 19.5. The Balaban J connectivity index is 1.80. The van der Waals surface area contributed by atoms with Crippen LogP contribution in [0.5, 0.6) is 5.75 Å². The van der Waals surface area contributed by atoms with Crippen molar-refractivity contribution >= 4 is 6.03 Å². The lowest BCUT2D eigenvalue weighted by Gasteiger charge is -2.39. The lowest BCUT2D eigenvalue weighted by Crippen LogP contribution is -2.50. The molecule has 5 heteroatoms. The number of rotatable bonds is 6. The van der Waals surface area contributed by atoms with E-state index in [1.165, 1.54) is 0 Å². The summed E-state index contributed by atoms with van der Waals surface area (Å²) < 4.78 is 11.4. The number of nitrogens with zero attached hydrogens (tertiary/aromatic N) is 1. The summed E-state index contributed by atoms with van der Waals surface area (Å²) in [7, 11) is 1.87. The molecule has 1 heterocycles. The largest absolute Gasteiger partial charge is 0.491 e. The monoisotopic (exact) mass is 348 g/mol. The molecule has 25 heavy (non-hydrogen) atoms. The van der Waals surface area contributed by atoms with Crippen LogP contribution in [0, 0.1) is 0 Å². The quantitative estimate of drug-likeness (QED) is 0.854. The van der Waals surface area contributed by atoms with Gasteiger partial charge in [-0.3, -0.25) is 0 Å². The number of amides is 2. The Bertz CT molecular complexity index is 572. The van der Waals surface area contributed by atoms with Crippen LogP contribution >= 0.6 is 0 Å². The molecular formula is C20H32N2O3. The summed E-state index contributed by atoms with van der Waals surface area (Å²) in [5.41, 5.74) is 1.00. The Kier molecular flexibility index (Phi) is 6.71. The van der Waals surface area contributed by atoms with Gasteiger partial charge in [-0.2, -0.15) is 0 Å². The second-order valence-corrected chi connectivity index (χ2v) is 7.66. The van der Waals surface area contributed by atoms with Crippen molar-refractivity contribution in [2.24, 2.45) is 0 Å². The molecule has 1 aliphatic rings. The van der Waals surface area contributed by atoms with Crippen LogP contribution in [-0.2, 0) is 11.2 Å². The van der Waals surface area contributed by atoms with Crippen molar-refractivity contribution in [2.75, 3.05) is 20.2 Å². The lowest BCUT2D eigenvalue weighted by atomic mass is 9.93. The van der Waals surface area contributed by atoms with E-state index in [2.05, 4.69) is 25.2 Å². The molecule has 0 unspecified atom stereocenters. The lowest BCUT2D eigenvalue weighted by molar-refractivity contribution is -0.0744. The molecule has 140 valence electrons. The van der Waals surface area contributed by atoms with Gasteiger partial charge in [0.05, 0.1) is 11.7 Å². The molecule has 0 spiro atoms. The molecule has 1 atom stereocenters. The number of hydrogen-bond donors (Lipinski definition) is 1. The van der Waals surface area contributed by atoms with Crippen molar-refractivity contribution in [3.05, 3.63) is 29.8 Å². The van der Waals surface area contributed by atoms with Crippen LogP contribution in [0.1, 0.15) is 46.1 Å². The first-order chi connectivity index (χ1) is 11.8. The van der Waals surface area contributed by atoms with E-state index in [9.17, 15) is 4.79 Å². The highest BCUT2D eigenvalue weighted by molar-refractivity contribution is 5.74. The van der Waals surface area contributed by atoms with E-state index in [1.54, 1.807) is 0 Å². The van der Waals surface area contributed by atoms with Crippen LogP contribution in [0.4, 0.5) is 4.79 Å². The minimum absolute atomic E-state index is 0.0164. The number of carbonyl (C=O) groups is 1. The van der Waals surface area contributed by atoms with Gasteiger partial charge >= 0.3 is 6.03 Å². The Morgan fingerprint density at radius 3 is 2.88 bits per heavy atom. The molecule has 1 aliphatic heterocycles. The predicted molar refractivity (Wildman–Crippen MR) is 100 cm³/mol. The highest BCUT2D eigenvalue weighted by Crippen LogP contribution is 2.26. The van der Waals surface area contributed by atoms with Gasteiger partial charge in [0.15, 0.2) is 0 Å². The first-order valence-corrected chi connectivity index (χ1v) is 9.17. The number of urea groups is 1. The number of ether oxygens (including phenoxy) is 2. The molecule has 1 fully saturated rings. The minimum Gasteiger partial charge on any atom is -0.491 e. The van der Waals surface area contributed by atoms with Gasteiger partial charge in [0.2, 0.25) is 0 Å². The number of nitrogens with one attached hydrogen (secondary N) is 1. The van der Waals surface area contributed by atoms with E-state index in [-0.39, 0.29) is 23.8 Å². The van der Waals surface area contributed by atoms with E-state index < -0.39 is 0 Å². The SMILES string of the molecule is CC(C)Oc1cccc(CCNC(=O)N(C)[C@@H]2CCOC(C)(C)C2)c1. The second kappa shape index (κ2) is 8.56. The molecule has 1 N–H and O–H groups in total. The Hall–Kier alpha value is -1.75. The van der Waals surface area contributed by atoms with Crippen molar-refractivity contribution in [1.82, 2.24) is 10.2 Å². The van der Waals surface area contributed by atoms with E-state index in [0.29, 0.717) is 13.2 Å². The number of hydrogen-bond acceptors (Lipinski definition) is 3. The van der Waals surface area contributed by atoms with Crippen molar-refractivity contribution in [3.63, 3.8) is 0 Å². The summed E-state index contributed by atoms with van der Waals surface area (Å²) in [4.78, 5) is 14.2. The average Bonchev–Trinajstić information content (AvgIpc) is 2.53. The van der Waals surface area contributed by atoms with Crippen molar-refractivity contribution < 1.29 is 14.3 Å². The molecule has 1 aromatic carbocycles. The Morgan fingerprint density at radius 1 is 1.44 bits per heavy atom. The molecule has 1 saturated heterocycles. The van der Waals surface area contributed by atoms with Gasteiger partial charge in [0, 0.05) is 26.2 Å². The van der Waals surface area contributed by atoms with E-state index >= 15 is 0 Å². The summed E-state index contributed by atoms with van der Waals surface area (Å²) >= 11 is 0. The molecule has 2 rings (SSSR count). The highest BCUT2D eigenvalue weighted by Gasteiger charge is 2.32. The third-order valence-corrected chi connectivity index (χ3v) is 4.50. The Labute approximate surface area is 151 Å². The van der Waals surface area contributed by atoms with Gasteiger partial charge in [0.25, 0.3) is 0 Å². The minimum atomic E-state index is -0.158. The highest BCUT2D eigenvalue weighted by atomic mass is 16.5. The fourth-order valence-corrected chi connectivity index (χ4v) is 3.18. The number of carbonyl (C=O) groups excluding carboxylic acids is 1. The summed E-state index contributed by atoms with van der Waals surface area (Å²) in [6, 6.07) is 8.26. The zero-order valence-corrected chi connectivity index (χ0v) is 16.2.